The number of rotatable bonds is 16. The molecule has 0 saturated carbocycles. The molecule has 2 aromatic rings. The Kier molecular flexibility index (Phi) is 14.7. The first-order chi connectivity index (χ1) is 20.2. The van der Waals surface area contributed by atoms with Crippen molar-refractivity contribution in [3.05, 3.63) is 58.1 Å². The van der Waals surface area contributed by atoms with Crippen molar-refractivity contribution in [3.63, 3.8) is 0 Å². The van der Waals surface area contributed by atoms with Crippen LogP contribution in [-0.2, 0) is 30.5 Å². The number of benzene rings is 2. The Morgan fingerprint density at radius 1 is 0.744 bits per heavy atom. The number of likely N-dealkylation sites (N-methyl/N-ethyl adjacent to an activating group) is 1. The first kappa shape index (κ1) is 36.3. The van der Waals surface area contributed by atoms with Gasteiger partial charge in [0.1, 0.15) is 17.4 Å². The molecule has 2 aromatic carbocycles. The lowest BCUT2D eigenvalue weighted by Crippen LogP contribution is -2.31. The molecular weight excluding hydrogens is 570 g/mol. The summed E-state index contributed by atoms with van der Waals surface area (Å²) >= 11 is 5.68. The summed E-state index contributed by atoms with van der Waals surface area (Å²) in [5.74, 6) is -0.0870. The van der Waals surface area contributed by atoms with Crippen molar-refractivity contribution in [2.45, 2.75) is 85.7 Å². The van der Waals surface area contributed by atoms with Gasteiger partial charge < -0.3 is 18.9 Å². The van der Waals surface area contributed by atoms with Crippen molar-refractivity contribution in [2.75, 3.05) is 39.2 Å². The Balaban J connectivity index is 1.88. The number of carbonyl (C=O) groups excluding carboxylic acids is 3. The van der Waals surface area contributed by atoms with Gasteiger partial charge in [0.15, 0.2) is 6.61 Å². The Morgan fingerprint density at radius 2 is 1.23 bits per heavy atom. The van der Waals surface area contributed by atoms with Crippen LogP contribution in [0.4, 0.5) is 0 Å². The highest BCUT2D eigenvalue weighted by Gasteiger charge is 2.21. The number of alkyl halides is 1. The van der Waals surface area contributed by atoms with E-state index in [0.29, 0.717) is 31.3 Å². The number of hydrogen-bond donors (Lipinski definition) is 0. The molecule has 0 unspecified atom stereocenters. The zero-order valence-corrected chi connectivity index (χ0v) is 27.9. The van der Waals surface area contributed by atoms with Gasteiger partial charge in [-0.15, -0.1) is 11.6 Å². The second-order valence-electron chi connectivity index (χ2n) is 12.0. The van der Waals surface area contributed by atoms with Crippen LogP contribution in [0.15, 0.2) is 30.3 Å². The van der Waals surface area contributed by atoms with Gasteiger partial charge in [-0.05, 0) is 70.7 Å². The molecule has 0 radical (unpaired) electrons. The molecule has 0 aliphatic carbocycles. The molecular formula is C34H48ClNO7. The Labute approximate surface area is 262 Å². The van der Waals surface area contributed by atoms with Gasteiger partial charge in [-0.1, -0.05) is 73.6 Å². The minimum absolute atomic E-state index is 0.00605. The summed E-state index contributed by atoms with van der Waals surface area (Å²) in [6, 6.07) is 9.85. The molecule has 8 nitrogen and oxygen atoms in total. The Hall–Kier alpha value is -2.94. The van der Waals surface area contributed by atoms with Crippen molar-refractivity contribution < 1.29 is 33.3 Å². The molecule has 0 amide bonds. The van der Waals surface area contributed by atoms with Crippen LogP contribution in [0.3, 0.4) is 0 Å². The number of ether oxygens (including phenoxy) is 4. The molecule has 0 aliphatic heterocycles. The lowest BCUT2D eigenvalue weighted by molar-refractivity contribution is -0.154. The number of carbonyl (C=O) groups is 3. The fourth-order valence-corrected chi connectivity index (χ4v) is 4.63. The second kappa shape index (κ2) is 17.4. The third-order valence-electron chi connectivity index (χ3n) is 6.95. The average molecular weight is 618 g/mol. The van der Waals surface area contributed by atoms with E-state index in [1.54, 1.807) is 11.9 Å². The summed E-state index contributed by atoms with van der Waals surface area (Å²) in [6.07, 6.45) is 0. The second-order valence-corrected chi connectivity index (χ2v) is 12.3. The van der Waals surface area contributed by atoms with Crippen molar-refractivity contribution in [2.24, 2.45) is 0 Å². The van der Waals surface area contributed by atoms with E-state index in [4.69, 9.17) is 30.5 Å². The molecule has 0 fully saturated rings. The van der Waals surface area contributed by atoms with E-state index in [1.807, 2.05) is 85.7 Å². The normalized spacial score (nSPS) is 11.6. The summed E-state index contributed by atoms with van der Waals surface area (Å²) in [4.78, 5) is 38.7. The molecule has 43 heavy (non-hydrogen) atoms. The fourth-order valence-electron chi connectivity index (χ4n) is 4.58. The van der Waals surface area contributed by atoms with E-state index in [-0.39, 0.29) is 36.1 Å². The molecule has 0 atom stereocenters. The molecule has 9 heteroatoms. The SMILES string of the molecule is CC(C)c1cc(COCCN(C)CC(=O)OCC(=O)Oc2c(C(C)C)cccc2C(C)C)cc(C(C)C)c1OC(=O)CCl. The van der Waals surface area contributed by atoms with Crippen LogP contribution >= 0.6 is 11.6 Å². The molecule has 0 aromatic heterocycles. The van der Waals surface area contributed by atoms with Crippen LogP contribution in [0.5, 0.6) is 11.5 Å². The van der Waals surface area contributed by atoms with Gasteiger partial charge >= 0.3 is 17.9 Å². The lowest BCUT2D eigenvalue weighted by atomic mass is 9.91. The summed E-state index contributed by atoms with van der Waals surface area (Å²) < 4.78 is 22.4. The maximum absolute atomic E-state index is 12.6. The highest BCUT2D eigenvalue weighted by molar-refractivity contribution is 6.26. The molecule has 238 valence electrons. The standard InChI is InChI=1S/C34H48ClNO7/c1-21(2)26-11-10-12-27(22(3)4)33(26)43-32(39)20-41-31(38)18-36(9)13-14-40-19-25-15-28(23(5)6)34(42-30(37)17-35)29(16-25)24(7)8/h10-12,15-16,21-24H,13-14,17-20H2,1-9H3. The van der Waals surface area contributed by atoms with E-state index >= 15 is 0 Å². The first-order valence-electron chi connectivity index (χ1n) is 14.9. The lowest BCUT2D eigenvalue weighted by Gasteiger charge is -2.21. The van der Waals surface area contributed by atoms with Crippen molar-refractivity contribution in [3.8, 4) is 11.5 Å². The Bertz CT molecular complexity index is 1180. The summed E-state index contributed by atoms with van der Waals surface area (Å²) in [5.41, 5.74) is 4.71. The predicted molar refractivity (Wildman–Crippen MR) is 169 cm³/mol. The third kappa shape index (κ3) is 11.2. The smallest absolute Gasteiger partial charge is 0.349 e. The highest BCUT2D eigenvalue weighted by atomic mass is 35.5. The molecule has 0 spiro atoms. The van der Waals surface area contributed by atoms with Crippen molar-refractivity contribution in [1.82, 2.24) is 4.90 Å². The van der Waals surface area contributed by atoms with Crippen LogP contribution in [-0.4, -0.2) is 62.0 Å². The Morgan fingerprint density at radius 3 is 1.72 bits per heavy atom. The van der Waals surface area contributed by atoms with Crippen LogP contribution < -0.4 is 9.47 Å². The topological polar surface area (TPSA) is 91.4 Å². The largest absolute Gasteiger partial charge is 0.453 e. The fraction of sp³-hybridized carbons (Fsp3) is 0.559. The van der Waals surface area contributed by atoms with E-state index < -0.39 is 24.5 Å². The van der Waals surface area contributed by atoms with Gasteiger partial charge in [0.05, 0.1) is 19.8 Å². The average Bonchev–Trinajstić information content (AvgIpc) is 2.94. The quantitative estimate of drug-likeness (QED) is 0.0867. The maximum atomic E-state index is 12.6. The number of halogens is 1. The summed E-state index contributed by atoms with van der Waals surface area (Å²) in [7, 11) is 1.78. The number of esters is 3. The molecule has 0 bridgehead atoms. The van der Waals surface area contributed by atoms with Gasteiger partial charge in [0.2, 0.25) is 0 Å². The van der Waals surface area contributed by atoms with E-state index in [1.165, 1.54) is 0 Å². The van der Waals surface area contributed by atoms with Crippen LogP contribution in [0.2, 0.25) is 0 Å². The molecule has 2 rings (SSSR count). The van der Waals surface area contributed by atoms with Crippen LogP contribution in [0.1, 0.15) is 107 Å². The van der Waals surface area contributed by atoms with Crippen LogP contribution in [0, 0.1) is 0 Å². The highest BCUT2D eigenvalue weighted by Crippen LogP contribution is 2.37. The number of para-hydroxylation sites is 1. The van der Waals surface area contributed by atoms with Crippen molar-refractivity contribution in [1.29, 1.82) is 0 Å². The molecule has 0 saturated heterocycles. The van der Waals surface area contributed by atoms with Gasteiger partial charge in [0.25, 0.3) is 0 Å². The van der Waals surface area contributed by atoms with Gasteiger partial charge in [-0.3, -0.25) is 14.5 Å². The first-order valence-corrected chi connectivity index (χ1v) is 15.5. The van der Waals surface area contributed by atoms with Crippen LogP contribution in [0.25, 0.3) is 0 Å². The molecule has 0 aliphatic rings. The number of nitrogens with zero attached hydrogens (tertiary/aromatic N) is 1. The predicted octanol–water partition coefficient (Wildman–Crippen LogP) is 6.92. The maximum Gasteiger partial charge on any atom is 0.349 e. The van der Waals surface area contributed by atoms with Crippen molar-refractivity contribution >= 4 is 29.5 Å². The zero-order valence-electron chi connectivity index (χ0n) is 27.1. The third-order valence-corrected chi connectivity index (χ3v) is 7.17. The summed E-state index contributed by atoms with van der Waals surface area (Å²) in [6.45, 7) is 17.1. The van der Waals surface area contributed by atoms with Gasteiger partial charge in [0, 0.05) is 6.54 Å². The van der Waals surface area contributed by atoms with E-state index in [2.05, 4.69) is 0 Å². The molecule has 0 N–H and O–H groups in total. The van der Waals surface area contributed by atoms with Gasteiger partial charge in [-0.25, -0.2) is 4.79 Å². The minimum atomic E-state index is -0.612. The summed E-state index contributed by atoms with van der Waals surface area (Å²) in [5, 5.41) is 0. The van der Waals surface area contributed by atoms with E-state index in [0.717, 1.165) is 27.8 Å². The van der Waals surface area contributed by atoms with Gasteiger partial charge in [-0.2, -0.15) is 0 Å². The monoisotopic (exact) mass is 617 g/mol. The minimum Gasteiger partial charge on any atom is -0.453 e. The number of hydrogen-bond acceptors (Lipinski definition) is 8. The zero-order chi connectivity index (χ0) is 32.3. The molecule has 0 heterocycles. The van der Waals surface area contributed by atoms with E-state index in [9.17, 15) is 14.4 Å².